The number of nitriles is 1. The number of benzene rings is 2. The van der Waals surface area contributed by atoms with E-state index in [1.54, 1.807) is 46.8 Å². The Bertz CT molecular complexity index is 1680. The molecule has 0 saturated carbocycles. The predicted molar refractivity (Wildman–Crippen MR) is 156 cm³/mol. The summed E-state index contributed by atoms with van der Waals surface area (Å²) in [7, 11) is 6.27. The highest BCUT2D eigenvalue weighted by Crippen LogP contribution is 2.32. The molecule has 1 aliphatic heterocycles. The van der Waals surface area contributed by atoms with Crippen molar-refractivity contribution in [2.75, 3.05) is 52.7 Å². The summed E-state index contributed by atoms with van der Waals surface area (Å²) >= 11 is 6.54. The molecule has 1 saturated heterocycles. The molecule has 42 heavy (non-hydrogen) atoms. The van der Waals surface area contributed by atoms with E-state index in [2.05, 4.69) is 29.4 Å². The van der Waals surface area contributed by atoms with Gasteiger partial charge in [-0.05, 0) is 36.8 Å². The number of anilines is 2. The average Bonchev–Trinajstić information content (AvgIpc) is 3.55. The van der Waals surface area contributed by atoms with Gasteiger partial charge in [-0.1, -0.05) is 11.6 Å². The van der Waals surface area contributed by atoms with Crippen molar-refractivity contribution in [1.82, 2.24) is 19.3 Å². The summed E-state index contributed by atoms with van der Waals surface area (Å²) < 4.78 is 37.0. The Hall–Kier alpha value is -4.27. The van der Waals surface area contributed by atoms with Gasteiger partial charge in [0.25, 0.3) is 5.91 Å². The molecule has 0 radical (unpaired) electrons. The van der Waals surface area contributed by atoms with Gasteiger partial charge < -0.3 is 19.4 Å². The van der Waals surface area contributed by atoms with Crippen LogP contribution >= 0.6 is 11.6 Å². The van der Waals surface area contributed by atoms with Gasteiger partial charge in [-0.3, -0.25) is 9.20 Å². The smallest absolute Gasteiger partial charge is 0.255 e. The molecular formula is C30H31ClF2N7O2+. The standard InChI is InChI=1S/C30H30ClF2N7O2/c1-38(12-8-19-9-14-40(2,3)18-19)30(41)21-5-4-20(16-23(21)31)37-28-29-36-17-24(39(29)13-11-35-28)22-6-7-25(42-15-10-34)27(33)26(22)32/h4-7,11,13,16-17,19H,8-9,12,14-15,18H2,1-3H3/p+1. The van der Waals surface area contributed by atoms with Gasteiger partial charge in [0.05, 0.1) is 49.7 Å². The second kappa shape index (κ2) is 11.9. The number of quaternary nitrogens is 1. The van der Waals surface area contributed by atoms with Crippen molar-refractivity contribution < 1.29 is 22.8 Å². The first-order chi connectivity index (χ1) is 20.1. The van der Waals surface area contributed by atoms with Gasteiger partial charge in [0, 0.05) is 49.6 Å². The van der Waals surface area contributed by atoms with E-state index in [0.29, 0.717) is 45.9 Å². The number of carbonyl (C=O) groups is 1. The fourth-order valence-corrected chi connectivity index (χ4v) is 5.65. The molecule has 1 fully saturated rings. The van der Waals surface area contributed by atoms with Crippen LogP contribution in [0.25, 0.3) is 16.9 Å². The third-order valence-corrected chi connectivity index (χ3v) is 7.93. The van der Waals surface area contributed by atoms with Crippen LogP contribution in [0.4, 0.5) is 20.3 Å². The van der Waals surface area contributed by atoms with Crippen molar-refractivity contribution >= 4 is 34.7 Å². The summed E-state index contributed by atoms with van der Waals surface area (Å²) in [5.74, 6) is -1.85. The van der Waals surface area contributed by atoms with E-state index in [-0.39, 0.29) is 17.2 Å². The zero-order chi connectivity index (χ0) is 30.0. The van der Waals surface area contributed by atoms with Crippen LogP contribution in [0.1, 0.15) is 23.2 Å². The predicted octanol–water partition coefficient (Wildman–Crippen LogP) is 5.53. The highest BCUT2D eigenvalue weighted by Gasteiger charge is 2.31. The van der Waals surface area contributed by atoms with E-state index < -0.39 is 18.2 Å². The summed E-state index contributed by atoms with van der Waals surface area (Å²) in [6.07, 6.45) is 6.62. The molecule has 3 heterocycles. The van der Waals surface area contributed by atoms with E-state index in [4.69, 9.17) is 21.6 Å². The number of ether oxygens (including phenoxy) is 1. The number of rotatable bonds is 9. The van der Waals surface area contributed by atoms with Crippen LogP contribution in [0, 0.1) is 28.9 Å². The summed E-state index contributed by atoms with van der Waals surface area (Å²) in [6.45, 7) is 2.54. The van der Waals surface area contributed by atoms with Gasteiger partial charge in [-0.15, -0.1) is 0 Å². The van der Waals surface area contributed by atoms with Crippen LogP contribution in [-0.4, -0.2) is 77.0 Å². The maximum Gasteiger partial charge on any atom is 0.255 e. The molecular weight excluding hydrogens is 564 g/mol. The minimum Gasteiger partial charge on any atom is -0.476 e. The Balaban J connectivity index is 1.31. The monoisotopic (exact) mass is 594 g/mol. The van der Waals surface area contributed by atoms with Gasteiger partial charge in [-0.2, -0.15) is 9.65 Å². The van der Waals surface area contributed by atoms with Crippen molar-refractivity contribution in [3.8, 4) is 23.1 Å². The van der Waals surface area contributed by atoms with E-state index in [1.165, 1.54) is 30.9 Å². The molecule has 1 aliphatic rings. The minimum atomic E-state index is -1.19. The SMILES string of the molecule is CN(CCC1CC[N+](C)(C)C1)C(=O)c1ccc(Nc2nccn3c(-c4ccc(OCC#N)c(F)c4F)cnc23)cc1Cl. The Morgan fingerprint density at radius 2 is 2.07 bits per heavy atom. The van der Waals surface area contributed by atoms with Crippen LogP contribution < -0.4 is 10.1 Å². The molecule has 1 atom stereocenters. The molecule has 2 aromatic heterocycles. The number of nitrogens with zero attached hydrogens (tertiary/aromatic N) is 6. The van der Waals surface area contributed by atoms with Crippen LogP contribution in [0.5, 0.6) is 5.75 Å². The van der Waals surface area contributed by atoms with Gasteiger partial charge in [0.2, 0.25) is 5.82 Å². The number of halogens is 3. The Morgan fingerprint density at radius 3 is 2.79 bits per heavy atom. The minimum absolute atomic E-state index is 0.0350. The molecule has 2 aromatic carbocycles. The van der Waals surface area contributed by atoms with E-state index in [9.17, 15) is 13.6 Å². The highest BCUT2D eigenvalue weighted by molar-refractivity contribution is 6.34. The first-order valence-corrected chi connectivity index (χ1v) is 13.9. The molecule has 218 valence electrons. The summed E-state index contributed by atoms with van der Waals surface area (Å²) in [6, 6.07) is 9.39. The van der Waals surface area contributed by atoms with Crippen molar-refractivity contribution in [3.63, 3.8) is 0 Å². The van der Waals surface area contributed by atoms with Crippen LogP contribution in [0.15, 0.2) is 48.9 Å². The molecule has 9 nitrogen and oxygen atoms in total. The van der Waals surface area contributed by atoms with Gasteiger partial charge >= 0.3 is 0 Å². The van der Waals surface area contributed by atoms with Crippen molar-refractivity contribution in [2.24, 2.45) is 5.92 Å². The lowest BCUT2D eigenvalue weighted by atomic mass is 10.0. The third-order valence-electron chi connectivity index (χ3n) is 7.62. The first-order valence-electron chi connectivity index (χ1n) is 13.5. The lowest BCUT2D eigenvalue weighted by Crippen LogP contribution is -2.37. The number of nitrogens with one attached hydrogen (secondary N) is 1. The number of fused-ring (bicyclic) bond motifs is 1. The molecule has 12 heteroatoms. The number of hydrogen-bond donors (Lipinski definition) is 1. The molecule has 5 rings (SSSR count). The van der Waals surface area contributed by atoms with Gasteiger partial charge in [-0.25, -0.2) is 14.4 Å². The topological polar surface area (TPSA) is 95.5 Å². The molecule has 1 unspecified atom stereocenters. The van der Waals surface area contributed by atoms with Crippen molar-refractivity contribution in [1.29, 1.82) is 5.26 Å². The largest absolute Gasteiger partial charge is 0.476 e. The lowest BCUT2D eigenvalue weighted by Gasteiger charge is -2.24. The second-order valence-corrected chi connectivity index (χ2v) is 11.5. The Labute approximate surface area is 247 Å². The number of carbonyl (C=O) groups excluding carboxylic acids is 1. The fraction of sp³-hybridized carbons (Fsp3) is 0.333. The van der Waals surface area contributed by atoms with Crippen LogP contribution in [-0.2, 0) is 0 Å². The fourth-order valence-electron chi connectivity index (χ4n) is 5.39. The van der Waals surface area contributed by atoms with Crippen molar-refractivity contribution in [3.05, 3.63) is 71.1 Å². The van der Waals surface area contributed by atoms with E-state index >= 15 is 0 Å². The molecule has 0 spiro atoms. The van der Waals surface area contributed by atoms with Crippen LogP contribution in [0.3, 0.4) is 0 Å². The van der Waals surface area contributed by atoms with Crippen molar-refractivity contribution in [2.45, 2.75) is 12.8 Å². The Morgan fingerprint density at radius 1 is 1.26 bits per heavy atom. The molecule has 1 N–H and O–H groups in total. The van der Waals surface area contributed by atoms with E-state index in [0.717, 1.165) is 24.0 Å². The van der Waals surface area contributed by atoms with Crippen LogP contribution in [0.2, 0.25) is 5.02 Å². The quantitative estimate of drug-likeness (QED) is 0.256. The average molecular weight is 595 g/mol. The number of aromatic nitrogens is 3. The Kier molecular flexibility index (Phi) is 8.29. The molecule has 4 aromatic rings. The third kappa shape index (κ3) is 6.00. The van der Waals surface area contributed by atoms with Gasteiger partial charge in [0.15, 0.2) is 29.6 Å². The summed E-state index contributed by atoms with van der Waals surface area (Å²) in [5.41, 5.74) is 1.60. The zero-order valence-electron chi connectivity index (χ0n) is 23.6. The zero-order valence-corrected chi connectivity index (χ0v) is 24.3. The lowest BCUT2D eigenvalue weighted by molar-refractivity contribution is -0.879. The number of amides is 1. The second-order valence-electron chi connectivity index (χ2n) is 11.1. The summed E-state index contributed by atoms with van der Waals surface area (Å²) in [4.78, 5) is 23.5. The first kappa shape index (κ1) is 29.2. The maximum atomic E-state index is 14.9. The summed E-state index contributed by atoms with van der Waals surface area (Å²) in [5, 5.41) is 12.1. The molecule has 0 aliphatic carbocycles. The van der Waals surface area contributed by atoms with E-state index in [1.807, 2.05) is 0 Å². The number of imidazole rings is 1. The molecule has 1 amide bonds. The number of likely N-dealkylation sites (tertiary alicyclic amines) is 1. The molecule has 0 bridgehead atoms. The maximum absolute atomic E-state index is 14.9. The highest BCUT2D eigenvalue weighted by atomic mass is 35.5. The van der Waals surface area contributed by atoms with Gasteiger partial charge in [0.1, 0.15) is 6.07 Å². The normalized spacial score (nSPS) is 15.9. The number of hydrogen-bond acceptors (Lipinski definition) is 6.